The summed E-state index contributed by atoms with van der Waals surface area (Å²) in [7, 11) is -4.40. The van der Waals surface area contributed by atoms with Gasteiger partial charge in [-0.25, -0.2) is 8.42 Å². The van der Waals surface area contributed by atoms with Gasteiger partial charge in [0.05, 0.1) is 0 Å². The molecule has 0 saturated carbocycles. The van der Waals surface area contributed by atoms with Gasteiger partial charge in [0.15, 0.2) is 15.0 Å². The summed E-state index contributed by atoms with van der Waals surface area (Å²) in [6.45, 7) is 7.63. The number of unbranched alkanes of at least 4 members (excludes halogenated alkanes) is 13. The third-order valence-corrected chi connectivity index (χ3v) is 7.55. The highest BCUT2D eigenvalue weighted by atomic mass is 32.2. The summed E-state index contributed by atoms with van der Waals surface area (Å²) in [5, 5.41) is 0. The molecule has 4 nitrogen and oxygen atoms in total. The fourth-order valence-corrected chi connectivity index (χ4v) is 4.62. The van der Waals surface area contributed by atoms with E-state index in [1.807, 2.05) is 0 Å². The molecule has 0 amide bonds. The first-order valence-corrected chi connectivity index (χ1v) is 12.3. The topological polar surface area (TPSA) is 84.8 Å². The van der Waals surface area contributed by atoms with Gasteiger partial charge in [-0.3, -0.25) is 0 Å². The number of rotatable bonds is 16. The molecule has 5 heteroatoms. The summed E-state index contributed by atoms with van der Waals surface area (Å²) in [5.74, 6) is 0. The van der Waals surface area contributed by atoms with E-state index in [4.69, 9.17) is 0 Å². The zero-order chi connectivity index (χ0) is 20.1. The first kappa shape index (κ1) is 25.9. The van der Waals surface area contributed by atoms with Crippen molar-refractivity contribution in [2.75, 3.05) is 0 Å². The maximum Gasteiger partial charge on any atom is 0.189 e. The molecule has 26 heavy (non-hydrogen) atoms. The highest BCUT2D eigenvalue weighted by Crippen LogP contribution is 2.35. The number of hydrogen-bond acceptors (Lipinski definition) is 3. The largest absolute Gasteiger partial charge is 0.743 e. The molecule has 3 N–H and O–H groups in total. The molecule has 0 aromatic carbocycles. The summed E-state index contributed by atoms with van der Waals surface area (Å²) in [4.78, 5) is -1.42. The predicted octanol–water partition coefficient (Wildman–Crippen LogP) is 5.39. The van der Waals surface area contributed by atoms with E-state index < -0.39 is 20.4 Å². The van der Waals surface area contributed by atoms with Crippen LogP contribution in [-0.4, -0.2) is 17.8 Å². The Kier molecular flexibility index (Phi) is 13.0. The van der Waals surface area contributed by atoms with Gasteiger partial charge in [0.25, 0.3) is 0 Å². The number of quaternary nitrogens is 1. The van der Waals surface area contributed by atoms with Gasteiger partial charge in [-0.2, -0.15) is 0 Å². The third kappa shape index (κ3) is 10.3. The molecule has 1 atom stereocenters. The van der Waals surface area contributed by atoms with Gasteiger partial charge < -0.3 is 10.3 Å². The van der Waals surface area contributed by atoms with Gasteiger partial charge in [0.2, 0.25) is 0 Å². The van der Waals surface area contributed by atoms with Gasteiger partial charge in [-0.1, -0.05) is 111 Å². The van der Waals surface area contributed by atoms with E-state index in [1.165, 1.54) is 70.6 Å². The molecule has 0 spiro atoms. The van der Waals surface area contributed by atoms with E-state index in [0.29, 0.717) is 6.42 Å². The Morgan fingerprint density at radius 1 is 0.692 bits per heavy atom. The summed E-state index contributed by atoms with van der Waals surface area (Å²) < 4.78 is 34.9. The van der Waals surface area contributed by atoms with E-state index in [9.17, 15) is 13.0 Å². The predicted molar refractivity (Wildman–Crippen MR) is 110 cm³/mol. The lowest BCUT2D eigenvalue weighted by Gasteiger charge is -2.39. The fourth-order valence-electron chi connectivity index (χ4n) is 3.48. The SMILES string of the molecule is CCCCCCCCCCCCCCCCC([NH3+])(C(C)(C)C)S(=O)(=O)[O-]. The van der Waals surface area contributed by atoms with Crippen LogP contribution in [0.5, 0.6) is 0 Å². The Bertz CT molecular complexity index is 443. The van der Waals surface area contributed by atoms with E-state index in [2.05, 4.69) is 12.7 Å². The fraction of sp³-hybridized carbons (Fsp3) is 1.00. The van der Waals surface area contributed by atoms with Crippen LogP contribution < -0.4 is 5.73 Å². The van der Waals surface area contributed by atoms with Gasteiger partial charge in [-0.15, -0.1) is 0 Å². The van der Waals surface area contributed by atoms with Crippen molar-refractivity contribution in [2.24, 2.45) is 5.41 Å². The van der Waals surface area contributed by atoms with Crippen molar-refractivity contribution in [3.05, 3.63) is 0 Å². The Morgan fingerprint density at radius 2 is 1.00 bits per heavy atom. The molecule has 0 saturated heterocycles. The van der Waals surface area contributed by atoms with Gasteiger partial charge in [-0.05, 0) is 6.42 Å². The monoisotopic (exact) mass is 391 g/mol. The van der Waals surface area contributed by atoms with Crippen molar-refractivity contribution < 1.29 is 18.7 Å². The van der Waals surface area contributed by atoms with Crippen LogP contribution in [0.1, 0.15) is 124 Å². The molecule has 0 heterocycles. The van der Waals surface area contributed by atoms with Crippen LogP contribution in [0.2, 0.25) is 0 Å². The summed E-state index contributed by atoms with van der Waals surface area (Å²) in [5.41, 5.74) is 3.18. The van der Waals surface area contributed by atoms with Crippen molar-refractivity contribution in [2.45, 2.75) is 129 Å². The molecule has 0 radical (unpaired) electrons. The maximum atomic E-state index is 11.6. The lowest BCUT2D eigenvalue weighted by molar-refractivity contribution is -0.470. The zero-order valence-electron chi connectivity index (χ0n) is 17.9. The first-order valence-electron chi connectivity index (χ1n) is 10.9. The van der Waals surface area contributed by atoms with E-state index in [1.54, 1.807) is 20.8 Å². The standard InChI is InChI=1S/C21H45NO3S/c1-5-6-7-8-9-10-11-12-13-14-15-16-17-18-19-21(22,20(2,3)4)26(23,24)25/h5-19,22H2,1-4H3,(H,23,24,25). The minimum absolute atomic E-state index is 0.361. The minimum Gasteiger partial charge on any atom is -0.743 e. The molecule has 0 aromatic heterocycles. The lowest BCUT2D eigenvalue weighted by Crippen LogP contribution is -2.81. The summed E-state index contributed by atoms with van der Waals surface area (Å²) in [6.07, 6.45) is 18.0. The van der Waals surface area contributed by atoms with Crippen molar-refractivity contribution in [1.82, 2.24) is 0 Å². The lowest BCUT2D eigenvalue weighted by atomic mass is 9.83. The van der Waals surface area contributed by atoms with Crippen LogP contribution in [0.15, 0.2) is 0 Å². The van der Waals surface area contributed by atoms with Gasteiger partial charge in [0.1, 0.15) is 0 Å². The van der Waals surface area contributed by atoms with E-state index >= 15 is 0 Å². The zero-order valence-corrected chi connectivity index (χ0v) is 18.8. The average molecular weight is 392 g/mol. The van der Waals surface area contributed by atoms with Crippen LogP contribution in [0.4, 0.5) is 0 Å². The van der Waals surface area contributed by atoms with Crippen LogP contribution >= 0.6 is 0 Å². The van der Waals surface area contributed by atoms with Crippen LogP contribution in [0, 0.1) is 5.41 Å². The Labute approximate surface area is 163 Å². The van der Waals surface area contributed by atoms with E-state index in [-0.39, 0.29) is 0 Å². The molecular formula is C21H45NO3S. The smallest absolute Gasteiger partial charge is 0.189 e. The minimum atomic E-state index is -4.40. The van der Waals surface area contributed by atoms with Gasteiger partial charge >= 0.3 is 0 Å². The molecule has 0 aliphatic heterocycles. The first-order chi connectivity index (χ1) is 12.1. The Hall–Kier alpha value is -0.130. The normalized spacial score (nSPS) is 15.2. The van der Waals surface area contributed by atoms with Crippen molar-refractivity contribution in [3.8, 4) is 0 Å². The van der Waals surface area contributed by atoms with Crippen LogP contribution in [0.3, 0.4) is 0 Å². The van der Waals surface area contributed by atoms with Crippen molar-refractivity contribution >= 4 is 10.1 Å². The molecule has 0 fully saturated rings. The molecule has 0 aliphatic carbocycles. The molecule has 0 aromatic rings. The summed E-state index contributed by atoms with van der Waals surface area (Å²) >= 11 is 0. The molecule has 1 unspecified atom stereocenters. The van der Waals surface area contributed by atoms with Crippen LogP contribution in [-0.2, 0) is 10.1 Å². The Morgan fingerprint density at radius 3 is 1.27 bits per heavy atom. The van der Waals surface area contributed by atoms with Gasteiger partial charge in [0, 0.05) is 11.8 Å². The second-order valence-corrected chi connectivity index (χ2v) is 10.7. The third-order valence-electron chi connectivity index (χ3n) is 5.78. The van der Waals surface area contributed by atoms with E-state index in [0.717, 1.165) is 19.3 Å². The maximum absolute atomic E-state index is 11.6. The molecular weight excluding hydrogens is 346 g/mol. The quantitative estimate of drug-likeness (QED) is 0.283. The molecule has 158 valence electrons. The van der Waals surface area contributed by atoms with Crippen molar-refractivity contribution in [1.29, 1.82) is 0 Å². The second-order valence-electron chi connectivity index (χ2n) is 9.04. The van der Waals surface area contributed by atoms with Crippen LogP contribution in [0.25, 0.3) is 0 Å². The molecule has 0 aliphatic rings. The molecule has 0 rings (SSSR count). The average Bonchev–Trinajstić information content (AvgIpc) is 2.52. The highest BCUT2D eigenvalue weighted by molar-refractivity contribution is 7.86. The summed E-state index contributed by atoms with van der Waals surface area (Å²) in [6, 6.07) is 0. The number of hydrogen-bond donors (Lipinski definition) is 1. The second kappa shape index (κ2) is 13.1. The molecule has 0 bridgehead atoms. The van der Waals surface area contributed by atoms with Crippen molar-refractivity contribution in [3.63, 3.8) is 0 Å². The Balaban J connectivity index is 3.67. The highest BCUT2D eigenvalue weighted by Gasteiger charge is 2.47.